The molecule has 0 aliphatic carbocycles. The fourth-order valence-corrected chi connectivity index (χ4v) is 4.47. The quantitative estimate of drug-likeness (QED) is 0.319. The predicted molar refractivity (Wildman–Crippen MR) is 132 cm³/mol. The van der Waals surface area contributed by atoms with Gasteiger partial charge in [-0.15, -0.1) is 0 Å². The highest BCUT2D eigenvalue weighted by Crippen LogP contribution is 2.27. The molecule has 0 aliphatic rings. The Kier molecular flexibility index (Phi) is 6.79. The summed E-state index contributed by atoms with van der Waals surface area (Å²) in [4.78, 5) is 31.1. The maximum absolute atomic E-state index is 13.4. The lowest BCUT2D eigenvalue weighted by molar-refractivity contribution is -0.120. The zero-order valence-corrected chi connectivity index (χ0v) is 19.5. The third-order valence-electron chi connectivity index (χ3n) is 5.37. The number of hydrogen-bond acceptors (Lipinski definition) is 5. The molecule has 1 N–H and O–H groups in total. The Balaban J connectivity index is 1.69. The third-order valence-corrected chi connectivity index (χ3v) is 6.42. The number of thioether (sulfide) groups is 1. The number of para-hydroxylation sites is 1. The van der Waals surface area contributed by atoms with Gasteiger partial charge in [0.25, 0.3) is 5.56 Å². The molecule has 0 saturated heterocycles. The van der Waals surface area contributed by atoms with Crippen LogP contribution in [0.1, 0.15) is 25.5 Å². The molecule has 0 bridgehead atoms. The van der Waals surface area contributed by atoms with Gasteiger partial charge < -0.3 is 10.1 Å². The predicted octanol–water partition coefficient (Wildman–Crippen LogP) is 4.75. The molecule has 2 unspecified atom stereocenters. The van der Waals surface area contributed by atoms with E-state index in [2.05, 4.69) is 5.32 Å². The van der Waals surface area contributed by atoms with E-state index in [1.54, 1.807) is 29.9 Å². The van der Waals surface area contributed by atoms with Crippen LogP contribution in [0.4, 0.5) is 0 Å². The van der Waals surface area contributed by atoms with E-state index in [0.29, 0.717) is 27.5 Å². The van der Waals surface area contributed by atoms with Crippen LogP contribution in [0, 0.1) is 0 Å². The molecule has 168 valence electrons. The molecule has 1 aromatic heterocycles. The first kappa shape index (κ1) is 22.6. The summed E-state index contributed by atoms with van der Waals surface area (Å²) in [5, 5.41) is 3.54. The number of fused-ring (bicyclic) bond motifs is 1. The van der Waals surface area contributed by atoms with Crippen molar-refractivity contribution in [2.45, 2.75) is 30.3 Å². The summed E-state index contributed by atoms with van der Waals surface area (Å²) < 4.78 is 6.88. The van der Waals surface area contributed by atoms with Gasteiger partial charge in [0.15, 0.2) is 5.16 Å². The number of benzene rings is 3. The van der Waals surface area contributed by atoms with Crippen molar-refractivity contribution in [2.24, 2.45) is 0 Å². The van der Waals surface area contributed by atoms with Crippen molar-refractivity contribution in [3.8, 4) is 11.4 Å². The maximum Gasteiger partial charge on any atom is 0.266 e. The Labute approximate surface area is 196 Å². The van der Waals surface area contributed by atoms with Gasteiger partial charge in [-0.2, -0.15) is 0 Å². The number of nitrogens with one attached hydrogen (secondary N) is 1. The number of ether oxygens (including phenoxy) is 1. The van der Waals surface area contributed by atoms with Crippen LogP contribution in [-0.4, -0.2) is 27.8 Å². The lowest BCUT2D eigenvalue weighted by Gasteiger charge is -2.19. The molecular formula is C26H25N3O3S. The molecule has 2 atom stereocenters. The molecule has 33 heavy (non-hydrogen) atoms. The van der Waals surface area contributed by atoms with Crippen LogP contribution in [0.2, 0.25) is 0 Å². The number of amides is 1. The van der Waals surface area contributed by atoms with Gasteiger partial charge in [0, 0.05) is 6.07 Å². The number of aromatic nitrogens is 2. The molecule has 0 fully saturated rings. The zero-order valence-electron chi connectivity index (χ0n) is 18.7. The number of methoxy groups -OCH3 is 1. The van der Waals surface area contributed by atoms with E-state index in [4.69, 9.17) is 9.72 Å². The van der Waals surface area contributed by atoms with Crippen molar-refractivity contribution in [1.29, 1.82) is 0 Å². The molecule has 1 heterocycles. The lowest BCUT2D eigenvalue weighted by atomic mass is 10.1. The van der Waals surface area contributed by atoms with Gasteiger partial charge in [0.2, 0.25) is 5.91 Å². The van der Waals surface area contributed by atoms with Crippen LogP contribution < -0.4 is 15.6 Å². The number of hydrogen-bond donors (Lipinski definition) is 1. The summed E-state index contributed by atoms with van der Waals surface area (Å²) in [7, 11) is 1.58. The van der Waals surface area contributed by atoms with E-state index in [0.717, 1.165) is 5.56 Å². The number of carbonyl (C=O) groups excluding carboxylic acids is 1. The second-order valence-corrected chi connectivity index (χ2v) is 8.96. The topological polar surface area (TPSA) is 73.2 Å². The van der Waals surface area contributed by atoms with E-state index in [-0.39, 0.29) is 17.5 Å². The Morgan fingerprint density at radius 2 is 1.73 bits per heavy atom. The maximum atomic E-state index is 13.4. The van der Waals surface area contributed by atoms with Gasteiger partial charge in [-0.3, -0.25) is 14.2 Å². The van der Waals surface area contributed by atoms with Gasteiger partial charge in [0.1, 0.15) is 5.75 Å². The highest BCUT2D eigenvalue weighted by molar-refractivity contribution is 8.00. The van der Waals surface area contributed by atoms with E-state index >= 15 is 0 Å². The lowest BCUT2D eigenvalue weighted by Crippen LogP contribution is -2.33. The van der Waals surface area contributed by atoms with Gasteiger partial charge >= 0.3 is 0 Å². The normalized spacial score (nSPS) is 12.8. The molecule has 3 aromatic carbocycles. The molecule has 7 heteroatoms. The van der Waals surface area contributed by atoms with Gasteiger partial charge in [0.05, 0.1) is 35.0 Å². The van der Waals surface area contributed by atoms with Crippen molar-refractivity contribution in [2.75, 3.05) is 7.11 Å². The van der Waals surface area contributed by atoms with Crippen LogP contribution in [-0.2, 0) is 4.79 Å². The van der Waals surface area contributed by atoms with Crippen molar-refractivity contribution in [3.05, 3.63) is 94.8 Å². The summed E-state index contributed by atoms with van der Waals surface area (Å²) in [6.07, 6.45) is 0. The monoisotopic (exact) mass is 459 g/mol. The molecule has 0 saturated carbocycles. The van der Waals surface area contributed by atoms with Crippen molar-refractivity contribution < 1.29 is 9.53 Å². The van der Waals surface area contributed by atoms with E-state index < -0.39 is 5.25 Å². The second-order valence-electron chi connectivity index (χ2n) is 7.65. The molecule has 6 nitrogen and oxygen atoms in total. The average molecular weight is 460 g/mol. The molecule has 4 rings (SSSR count). The molecule has 0 radical (unpaired) electrons. The fourth-order valence-electron chi connectivity index (χ4n) is 3.54. The Bertz CT molecular complexity index is 1340. The number of carbonyl (C=O) groups is 1. The van der Waals surface area contributed by atoms with Gasteiger partial charge in [-0.25, -0.2) is 4.98 Å². The average Bonchev–Trinajstić information content (AvgIpc) is 2.84. The summed E-state index contributed by atoms with van der Waals surface area (Å²) in [6.45, 7) is 3.76. The van der Waals surface area contributed by atoms with Crippen molar-refractivity contribution in [1.82, 2.24) is 14.9 Å². The minimum atomic E-state index is -0.471. The first-order valence-electron chi connectivity index (χ1n) is 10.7. The van der Waals surface area contributed by atoms with E-state index in [9.17, 15) is 9.59 Å². The second kappa shape index (κ2) is 9.92. The van der Waals surface area contributed by atoms with E-state index in [1.807, 2.05) is 74.5 Å². The summed E-state index contributed by atoms with van der Waals surface area (Å²) >= 11 is 1.25. The third kappa shape index (κ3) is 4.93. The molecular weight excluding hydrogens is 434 g/mol. The minimum Gasteiger partial charge on any atom is -0.497 e. The Morgan fingerprint density at radius 3 is 2.48 bits per heavy atom. The number of nitrogens with zero attached hydrogens (tertiary/aromatic N) is 2. The van der Waals surface area contributed by atoms with Crippen LogP contribution in [0.5, 0.6) is 5.75 Å². The zero-order chi connectivity index (χ0) is 23.4. The van der Waals surface area contributed by atoms with Crippen LogP contribution >= 0.6 is 11.8 Å². The van der Waals surface area contributed by atoms with Crippen LogP contribution in [0.15, 0.2) is 88.8 Å². The fraction of sp³-hybridized carbons (Fsp3) is 0.192. The van der Waals surface area contributed by atoms with Crippen LogP contribution in [0.25, 0.3) is 16.6 Å². The summed E-state index contributed by atoms with van der Waals surface area (Å²) in [5.41, 5.74) is 2.06. The molecule has 0 aliphatic heterocycles. The minimum absolute atomic E-state index is 0.129. The molecule has 4 aromatic rings. The van der Waals surface area contributed by atoms with Crippen molar-refractivity contribution in [3.63, 3.8) is 0 Å². The first-order chi connectivity index (χ1) is 16.0. The van der Waals surface area contributed by atoms with Crippen molar-refractivity contribution >= 4 is 28.6 Å². The van der Waals surface area contributed by atoms with Crippen LogP contribution in [0.3, 0.4) is 0 Å². The molecule has 1 amide bonds. The standard InChI is InChI=1S/C26H25N3O3S/c1-17(19-10-5-4-6-11-19)27-24(30)18(2)33-26-28-23-15-8-7-14-22(23)25(31)29(26)20-12-9-13-21(16-20)32-3/h4-18H,1-3H3,(H,27,30). The van der Waals surface area contributed by atoms with E-state index in [1.165, 1.54) is 11.8 Å². The highest BCUT2D eigenvalue weighted by atomic mass is 32.2. The number of rotatable bonds is 7. The Morgan fingerprint density at radius 1 is 1.00 bits per heavy atom. The highest BCUT2D eigenvalue weighted by Gasteiger charge is 2.22. The van der Waals surface area contributed by atoms with Gasteiger partial charge in [-0.05, 0) is 43.7 Å². The summed E-state index contributed by atoms with van der Waals surface area (Å²) in [5.74, 6) is 0.502. The SMILES string of the molecule is COc1cccc(-n2c(SC(C)C(=O)NC(C)c3ccccc3)nc3ccccc3c2=O)c1. The Hall–Kier alpha value is -3.58. The summed E-state index contributed by atoms with van der Waals surface area (Å²) in [6, 6.07) is 24.1. The molecule has 0 spiro atoms. The largest absolute Gasteiger partial charge is 0.497 e. The first-order valence-corrected chi connectivity index (χ1v) is 11.5. The van der Waals surface area contributed by atoms with Gasteiger partial charge in [-0.1, -0.05) is 60.3 Å². The smallest absolute Gasteiger partial charge is 0.266 e.